The van der Waals surface area contributed by atoms with Crippen LogP contribution in [0.15, 0.2) is 41.3 Å². The van der Waals surface area contributed by atoms with Gasteiger partial charge in [0.15, 0.2) is 6.10 Å². The van der Waals surface area contributed by atoms with Crippen molar-refractivity contribution in [1.29, 1.82) is 0 Å². The quantitative estimate of drug-likeness (QED) is 0.578. The third kappa shape index (κ3) is 5.33. The van der Waals surface area contributed by atoms with E-state index in [2.05, 4.69) is 5.32 Å². The van der Waals surface area contributed by atoms with E-state index in [-0.39, 0.29) is 60.6 Å². The number of amides is 1. The van der Waals surface area contributed by atoms with Gasteiger partial charge in [-0.1, -0.05) is 11.6 Å². The predicted octanol–water partition coefficient (Wildman–Crippen LogP) is 1.54. The molecule has 0 saturated carbocycles. The third-order valence-corrected chi connectivity index (χ3v) is 8.80. The highest BCUT2D eigenvalue weighted by atomic mass is 35.5. The van der Waals surface area contributed by atoms with Crippen molar-refractivity contribution in [2.45, 2.75) is 11.0 Å². The van der Waals surface area contributed by atoms with Gasteiger partial charge in [0, 0.05) is 23.8 Å². The monoisotopic (exact) mass is 545 g/mol. The van der Waals surface area contributed by atoms with E-state index in [9.17, 15) is 21.6 Å². The summed E-state index contributed by atoms with van der Waals surface area (Å²) < 4.78 is 69.7. The Hall–Kier alpha value is -2.58. The molecular weight excluding hydrogens is 522 g/mol. The number of carbonyl (C=O) groups excluding carboxylic acids is 1. The molecule has 2 aliphatic rings. The molecule has 0 aliphatic carbocycles. The maximum absolute atomic E-state index is 13.2. The zero-order valence-corrected chi connectivity index (χ0v) is 21.3. The molecule has 0 bridgehead atoms. The summed E-state index contributed by atoms with van der Waals surface area (Å²) in [6.45, 7) is 0.666. The van der Waals surface area contributed by atoms with Crippen molar-refractivity contribution in [3.05, 3.63) is 41.4 Å². The van der Waals surface area contributed by atoms with Crippen molar-refractivity contribution >= 4 is 48.9 Å². The summed E-state index contributed by atoms with van der Waals surface area (Å²) in [4.78, 5) is 12.9. The number of morpholine rings is 1. The summed E-state index contributed by atoms with van der Waals surface area (Å²) in [5.74, 6) is -0.354. The molecule has 2 aromatic rings. The predicted molar refractivity (Wildman–Crippen MR) is 129 cm³/mol. The van der Waals surface area contributed by atoms with Crippen LogP contribution in [0.2, 0.25) is 5.02 Å². The Labute approximate surface area is 208 Å². The second kappa shape index (κ2) is 9.82. The average molecular weight is 546 g/mol. The van der Waals surface area contributed by atoms with Crippen LogP contribution in [0.3, 0.4) is 0 Å². The van der Waals surface area contributed by atoms with E-state index in [1.807, 2.05) is 0 Å². The summed E-state index contributed by atoms with van der Waals surface area (Å²) >= 11 is 6.00. The van der Waals surface area contributed by atoms with Crippen molar-refractivity contribution in [2.24, 2.45) is 0 Å². The van der Waals surface area contributed by atoms with Crippen molar-refractivity contribution < 1.29 is 35.8 Å². The van der Waals surface area contributed by atoms with Gasteiger partial charge in [0.05, 0.1) is 38.8 Å². The van der Waals surface area contributed by atoms with E-state index in [1.54, 1.807) is 0 Å². The Morgan fingerprint density at radius 1 is 1.11 bits per heavy atom. The van der Waals surface area contributed by atoms with Gasteiger partial charge >= 0.3 is 0 Å². The molecular formula is C21H24ClN3O8S2. The molecule has 1 atom stereocenters. The highest BCUT2D eigenvalue weighted by Gasteiger charge is 2.36. The first-order valence-corrected chi connectivity index (χ1v) is 14.2. The first-order chi connectivity index (χ1) is 16.5. The molecule has 2 heterocycles. The molecule has 0 spiro atoms. The summed E-state index contributed by atoms with van der Waals surface area (Å²) in [5.41, 5.74) is 0.409. The fourth-order valence-electron chi connectivity index (χ4n) is 3.78. The maximum atomic E-state index is 13.2. The number of benzene rings is 2. The van der Waals surface area contributed by atoms with E-state index in [1.165, 1.54) is 47.8 Å². The fourth-order valence-corrected chi connectivity index (χ4v) is 6.44. The van der Waals surface area contributed by atoms with Crippen LogP contribution >= 0.6 is 11.6 Å². The number of nitrogens with one attached hydrogen (secondary N) is 1. The van der Waals surface area contributed by atoms with Gasteiger partial charge in [0.1, 0.15) is 16.4 Å². The van der Waals surface area contributed by atoms with Crippen LogP contribution in [-0.4, -0.2) is 79.4 Å². The lowest BCUT2D eigenvalue weighted by Gasteiger charge is -2.34. The van der Waals surface area contributed by atoms with Crippen LogP contribution in [0.1, 0.15) is 0 Å². The smallest absolute Gasteiger partial charge is 0.267 e. The molecule has 1 amide bonds. The molecule has 2 aliphatic heterocycles. The molecule has 1 fully saturated rings. The average Bonchev–Trinajstić information content (AvgIpc) is 2.83. The first-order valence-electron chi connectivity index (χ1n) is 10.5. The number of methoxy groups -OCH3 is 1. The molecule has 190 valence electrons. The maximum Gasteiger partial charge on any atom is 0.267 e. The Kier molecular flexibility index (Phi) is 7.16. The number of hydrogen-bond donors (Lipinski definition) is 1. The van der Waals surface area contributed by atoms with Crippen LogP contribution in [0, 0.1) is 0 Å². The number of ether oxygens (including phenoxy) is 3. The van der Waals surface area contributed by atoms with Crippen LogP contribution in [0.4, 0.5) is 11.4 Å². The van der Waals surface area contributed by atoms with Crippen molar-refractivity contribution in [3.8, 4) is 11.5 Å². The standard InChI is InChI=1S/C21H24ClN3O8S2/c1-31-18-6-4-15(12-20(18)35(29,30)24-7-9-32-10-8-24)23-21(26)19-13-25(34(2,27)28)16-11-14(22)3-5-17(16)33-19/h3-6,11-12,19H,7-10,13H2,1-2H3,(H,23,26). The Morgan fingerprint density at radius 2 is 1.83 bits per heavy atom. The van der Waals surface area contributed by atoms with Crippen molar-refractivity contribution in [3.63, 3.8) is 0 Å². The second-order valence-corrected chi connectivity index (χ2v) is 12.1. The van der Waals surface area contributed by atoms with Gasteiger partial charge in [-0.25, -0.2) is 16.8 Å². The molecule has 1 N–H and O–H groups in total. The Morgan fingerprint density at radius 3 is 2.49 bits per heavy atom. The minimum atomic E-state index is -3.91. The van der Waals surface area contributed by atoms with Gasteiger partial charge in [0.25, 0.3) is 5.91 Å². The number of sulfonamides is 2. The summed E-state index contributed by atoms with van der Waals surface area (Å²) in [6, 6.07) is 8.67. The van der Waals surface area contributed by atoms with Crippen LogP contribution in [-0.2, 0) is 29.6 Å². The van der Waals surface area contributed by atoms with Crippen molar-refractivity contribution in [1.82, 2.24) is 4.31 Å². The second-order valence-electron chi connectivity index (χ2n) is 7.88. The molecule has 35 heavy (non-hydrogen) atoms. The minimum Gasteiger partial charge on any atom is -0.495 e. The number of nitrogens with zero attached hydrogens (tertiary/aromatic N) is 2. The number of anilines is 2. The Balaban J connectivity index is 1.60. The van der Waals surface area contributed by atoms with E-state index < -0.39 is 32.1 Å². The van der Waals surface area contributed by atoms with Gasteiger partial charge in [-0.15, -0.1) is 0 Å². The molecule has 2 aromatic carbocycles. The largest absolute Gasteiger partial charge is 0.495 e. The normalized spacial score (nSPS) is 18.9. The lowest BCUT2D eigenvalue weighted by atomic mass is 10.2. The topological polar surface area (TPSA) is 132 Å². The lowest BCUT2D eigenvalue weighted by molar-refractivity contribution is -0.122. The summed E-state index contributed by atoms with van der Waals surface area (Å²) in [7, 11) is -6.30. The lowest BCUT2D eigenvalue weighted by Crippen LogP contribution is -2.48. The van der Waals surface area contributed by atoms with Crippen molar-refractivity contribution in [2.75, 3.05) is 55.8 Å². The van der Waals surface area contributed by atoms with Gasteiger partial charge in [-0.2, -0.15) is 4.31 Å². The van der Waals surface area contributed by atoms with E-state index >= 15 is 0 Å². The third-order valence-electron chi connectivity index (χ3n) is 5.50. The molecule has 4 rings (SSSR count). The number of fused-ring (bicyclic) bond motifs is 1. The first kappa shape index (κ1) is 25.5. The van der Waals surface area contributed by atoms with E-state index in [0.29, 0.717) is 5.02 Å². The van der Waals surface area contributed by atoms with E-state index in [0.717, 1.165) is 10.6 Å². The zero-order chi connectivity index (χ0) is 25.4. The highest BCUT2D eigenvalue weighted by molar-refractivity contribution is 7.92. The van der Waals surface area contributed by atoms with Crippen LogP contribution in [0.5, 0.6) is 11.5 Å². The molecule has 0 aromatic heterocycles. The summed E-state index contributed by atoms with van der Waals surface area (Å²) in [6.07, 6.45) is -0.177. The Bertz CT molecular complexity index is 1340. The fraction of sp³-hybridized carbons (Fsp3) is 0.381. The minimum absolute atomic E-state index is 0.109. The molecule has 14 heteroatoms. The van der Waals surface area contributed by atoms with Gasteiger partial charge in [-0.3, -0.25) is 9.10 Å². The number of hydrogen-bond acceptors (Lipinski definition) is 8. The zero-order valence-electron chi connectivity index (χ0n) is 18.9. The number of halogens is 1. The number of rotatable bonds is 6. The van der Waals surface area contributed by atoms with E-state index in [4.69, 9.17) is 25.8 Å². The highest BCUT2D eigenvalue weighted by Crippen LogP contribution is 2.37. The number of carbonyl (C=O) groups is 1. The SMILES string of the molecule is COc1ccc(NC(=O)C2CN(S(C)(=O)=O)c3cc(Cl)ccc3O2)cc1S(=O)(=O)N1CCOCC1. The van der Waals surface area contributed by atoms with Crippen LogP contribution in [0.25, 0.3) is 0 Å². The van der Waals surface area contributed by atoms with Crippen LogP contribution < -0.4 is 19.1 Å². The van der Waals surface area contributed by atoms with Gasteiger partial charge in [-0.05, 0) is 36.4 Å². The molecule has 11 nitrogen and oxygen atoms in total. The molecule has 1 unspecified atom stereocenters. The molecule has 1 saturated heterocycles. The summed E-state index contributed by atoms with van der Waals surface area (Å²) in [5, 5.41) is 2.93. The van der Waals surface area contributed by atoms with Gasteiger partial charge in [0.2, 0.25) is 20.0 Å². The molecule has 0 radical (unpaired) electrons. The van der Waals surface area contributed by atoms with Gasteiger partial charge < -0.3 is 19.5 Å².